The van der Waals surface area contributed by atoms with Crippen LogP contribution in [0.2, 0.25) is 5.28 Å². The van der Waals surface area contributed by atoms with Gasteiger partial charge in [0.25, 0.3) is 0 Å². The maximum absolute atomic E-state index is 5.76. The van der Waals surface area contributed by atoms with Crippen LogP contribution in [0.3, 0.4) is 0 Å². The van der Waals surface area contributed by atoms with E-state index in [0.717, 1.165) is 44.1 Å². The summed E-state index contributed by atoms with van der Waals surface area (Å²) >= 11 is 5.76. The smallest absolute Gasteiger partial charge is 0.224 e. The standard InChI is InChI=1S/C12H20ClN3O/c1-3-4-7-17-8-5-6-14-11-9-10(2)15-12(13)16-11/h9H,3-8H2,1-2H3,(H,14,15,16). The number of aromatic nitrogens is 2. The van der Waals surface area contributed by atoms with Crippen molar-refractivity contribution in [2.75, 3.05) is 25.1 Å². The van der Waals surface area contributed by atoms with Crippen molar-refractivity contribution in [1.29, 1.82) is 0 Å². The van der Waals surface area contributed by atoms with Crippen molar-refractivity contribution in [2.45, 2.75) is 33.1 Å². The Hall–Kier alpha value is -0.870. The van der Waals surface area contributed by atoms with Crippen LogP contribution >= 0.6 is 11.6 Å². The van der Waals surface area contributed by atoms with Crippen molar-refractivity contribution in [3.8, 4) is 0 Å². The lowest BCUT2D eigenvalue weighted by atomic mass is 10.3. The van der Waals surface area contributed by atoms with Gasteiger partial charge in [0.15, 0.2) is 0 Å². The van der Waals surface area contributed by atoms with Gasteiger partial charge in [-0.25, -0.2) is 9.97 Å². The van der Waals surface area contributed by atoms with Gasteiger partial charge < -0.3 is 10.1 Å². The first-order chi connectivity index (χ1) is 8.22. The highest BCUT2D eigenvalue weighted by Crippen LogP contribution is 2.09. The van der Waals surface area contributed by atoms with Crippen LogP contribution in [0.25, 0.3) is 0 Å². The second-order valence-corrected chi connectivity index (χ2v) is 4.25. The lowest BCUT2D eigenvalue weighted by molar-refractivity contribution is 0.131. The van der Waals surface area contributed by atoms with Crippen LogP contribution in [0, 0.1) is 6.92 Å². The molecule has 0 fully saturated rings. The predicted octanol–water partition coefficient (Wildman–Crippen LogP) is 3.06. The lowest BCUT2D eigenvalue weighted by Crippen LogP contribution is -2.08. The maximum Gasteiger partial charge on any atom is 0.224 e. The monoisotopic (exact) mass is 257 g/mol. The Morgan fingerprint density at radius 2 is 2.06 bits per heavy atom. The van der Waals surface area contributed by atoms with Crippen LogP contribution in [0.1, 0.15) is 31.9 Å². The van der Waals surface area contributed by atoms with Gasteiger partial charge in [0.2, 0.25) is 5.28 Å². The van der Waals surface area contributed by atoms with Crippen LogP contribution in [-0.2, 0) is 4.74 Å². The SMILES string of the molecule is CCCCOCCCNc1cc(C)nc(Cl)n1. The summed E-state index contributed by atoms with van der Waals surface area (Å²) in [5, 5.41) is 3.49. The normalized spacial score (nSPS) is 10.5. The molecular formula is C12H20ClN3O. The lowest BCUT2D eigenvalue weighted by Gasteiger charge is -2.07. The van der Waals surface area contributed by atoms with E-state index in [1.54, 1.807) is 0 Å². The minimum absolute atomic E-state index is 0.284. The van der Waals surface area contributed by atoms with Crippen molar-refractivity contribution in [2.24, 2.45) is 0 Å². The van der Waals surface area contributed by atoms with E-state index in [0.29, 0.717) is 0 Å². The van der Waals surface area contributed by atoms with Crippen LogP contribution in [0.4, 0.5) is 5.82 Å². The number of aryl methyl sites for hydroxylation is 1. The Morgan fingerprint density at radius 3 is 2.76 bits per heavy atom. The molecule has 0 atom stereocenters. The summed E-state index contributed by atoms with van der Waals surface area (Å²) in [6.45, 7) is 6.53. The van der Waals surface area contributed by atoms with E-state index in [1.807, 2.05) is 13.0 Å². The average Bonchev–Trinajstić information content (AvgIpc) is 2.26. The second-order valence-electron chi connectivity index (χ2n) is 3.91. The number of rotatable bonds is 8. The quantitative estimate of drug-likeness (QED) is 0.574. The van der Waals surface area contributed by atoms with Gasteiger partial charge in [0.1, 0.15) is 5.82 Å². The Balaban J connectivity index is 2.13. The molecule has 4 nitrogen and oxygen atoms in total. The Bertz CT molecular complexity index is 313. The molecule has 0 amide bonds. The number of ether oxygens (including phenoxy) is 1. The van der Waals surface area contributed by atoms with Gasteiger partial charge in [-0.2, -0.15) is 0 Å². The van der Waals surface area contributed by atoms with Gasteiger partial charge >= 0.3 is 0 Å². The van der Waals surface area contributed by atoms with Crippen molar-refractivity contribution >= 4 is 17.4 Å². The first kappa shape index (κ1) is 14.2. The third-order valence-corrected chi connectivity index (χ3v) is 2.41. The summed E-state index contributed by atoms with van der Waals surface area (Å²) in [4.78, 5) is 8.09. The van der Waals surface area contributed by atoms with Crippen LogP contribution in [0.15, 0.2) is 6.07 Å². The molecule has 0 aliphatic heterocycles. The summed E-state index contributed by atoms with van der Waals surface area (Å²) in [5.74, 6) is 0.774. The van der Waals surface area contributed by atoms with E-state index in [2.05, 4.69) is 22.2 Å². The fourth-order valence-electron chi connectivity index (χ4n) is 1.36. The van der Waals surface area contributed by atoms with Gasteiger partial charge in [-0.05, 0) is 31.4 Å². The number of anilines is 1. The molecule has 5 heteroatoms. The molecule has 1 N–H and O–H groups in total. The molecule has 0 aromatic carbocycles. The van der Waals surface area contributed by atoms with Gasteiger partial charge in [-0.1, -0.05) is 13.3 Å². The molecule has 0 unspecified atom stereocenters. The second kappa shape index (κ2) is 8.25. The molecular weight excluding hydrogens is 238 g/mol. The molecule has 1 rings (SSSR count). The van der Waals surface area contributed by atoms with Gasteiger partial charge in [-0.3, -0.25) is 0 Å². The van der Waals surface area contributed by atoms with E-state index in [9.17, 15) is 0 Å². The number of hydrogen-bond acceptors (Lipinski definition) is 4. The first-order valence-corrected chi connectivity index (χ1v) is 6.43. The molecule has 1 aromatic rings. The minimum atomic E-state index is 0.284. The molecule has 0 saturated heterocycles. The van der Waals surface area contributed by atoms with Crippen LogP contribution in [-0.4, -0.2) is 29.7 Å². The summed E-state index contributed by atoms with van der Waals surface area (Å²) in [6.07, 6.45) is 3.27. The summed E-state index contributed by atoms with van der Waals surface area (Å²) in [5.41, 5.74) is 0.867. The number of nitrogens with one attached hydrogen (secondary N) is 1. The van der Waals surface area contributed by atoms with Gasteiger partial charge in [-0.15, -0.1) is 0 Å². The maximum atomic E-state index is 5.76. The molecule has 17 heavy (non-hydrogen) atoms. The Morgan fingerprint density at radius 1 is 1.29 bits per heavy atom. The highest BCUT2D eigenvalue weighted by molar-refractivity contribution is 6.28. The van der Waals surface area contributed by atoms with E-state index >= 15 is 0 Å². The van der Waals surface area contributed by atoms with E-state index in [4.69, 9.17) is 16.3 Å². The van der Waals surface area contributed by atoms with Crippen LogP contribution in [0.5, 0.6) is 0 Å². The first-order valence-electron chi connectivity index (χ1n) is 6.05. The average molecular weight is 258 g/mol. The van der Waals surface area contributed by atoms with Crippen molar-refractivity contribution in [3.05, 3.63) is 17.0 Å². The van der Waals surface area contributed by atoms with Gasteiger partial charge in [0, 0.05) is 31.5 Å². The Labute approximate surface area is 108 Å². The fraction of sp³-hybridized carbons (Fsp3) is 0.667. The topological polar surface area (TPSA) is 47.0 Å². The molecule has 96 valence electrons. The summed E-state index contributed by atoms with van der Waals surface area (Å²) < 4.78 is 5.46. The summed E-state index contributed by atoms with van der Waals surface area (Å²) in [7, 11) is 0. The zero-order valence-corrected chi connectivity index (χ0v) is 11.3. The predicted molar refractivity (Wildman–Crippen MR) is 70.6 cm³/mol. The van der Waals surface area contributed by atoms with E-state index < -0.39 is 0 Å². The number of halogens is 1. The molecule has 0 aliphatic rings. The zero-order chi connectivity index (χ0) is 12.5. The molecule has 0 aliphatic carbocycles. The van der Waals surface area contributed by atoms with Gasteiger partial charge in [0.05, 0.1) is 0 Å². The fourth-order valence-corrected chi connectivity index (χ4v) is 1.59. The Kier molecular flexibility index (Phi) is 6.89. The highest BCUT2D eigenvalue weighted by Gasteiger charge is 1.98. The van der Waals surface area contributed by atoms with Crippen molar-refractivity contribution in [1.82, 2.24) is 9.97 Å². The molecule has 0 radical (unpaired) electrons. The van der Waals surface area contributed by atoms with Crippen LogP contribution < -0.4 is 5.32 Å². The minimum Gasteiger partial charge on any atom is -0.381 e. The number of hydrogen-bond donors (Lipinski definition) is 1. The molecule has 0 spiro atoms. The van der Waals surface area contributed by atoms with Crippen molar-refractivity contribution < 1.29 is 4.74 Å². The number of unbranched alkanes of at least 4 members (excludes halogenated alkanes) is 1. The van der Waals surface area contributed by atoms with Crippen molar-refractivity contribution in [3.63, 3.8) is 0 Å². The van der Waals surface area contributed by atoms with E-state index in [-0.39, 0.29) is 5.28 Å². The number of nitrogens with zero attached hydrogens (tertiary/aromatic N) is 2. The molecule has 0 saturated carbocycles. The third kappa shape index (κ3) is 6.44. The zero-order valence-electron chi connectivity index (χ0n) is 10.5. The van der Waals surface area contributed by atoms with E-state index in [1.165, 1.54) is 6.42 Å². The molecule has 1 aromatic heterocycles. The molecule has 1 heterocycles. The summed E-state index contributed by atoms with van der Waals surface area (Å²) in [6, 6.07) is 1.88. The highest BCUT2D eigenvalue weighted by atomic mass is 35.5. The largest absolute Gasteiger partial charge is 0.381 e. The molecule has 0 bridgehead atoms. The third-order valence-electron chi connectivity index (χ3n) is 2.24.